The van der Waals surface area contributed by atoms with Crippen LogP contribution in [0.15, 0.2) is 4.99 Å². The predicted octanol–water partition coefficient (Wildman–Crippen LogP) is 1.02. The molecule has 0 saturated heterocycles. The molecule has 0 aromatic heterocycles. The van der Waals surface area contributed by atoms with Gasteiger partial charge in [0.15, 0.2) is 0 Å². The molecule has 13 heavy (non-hydrogen) atoms. The molecular weight excluding hydrogens is 168 g/mol. The van der Waals surface area contributed by atoms with Crippen molar-refractivity contribution < 1.29 is 9.90 Å². The highest BCUT2D eigenvalue weighted by molar-refractivity contribution is 5.71. The van der Waals surface area contributed by atoms with Crippen molar-refractivity contribution >= 4 is 12.3 Å². The average Bonchev–Trinajstić information content (AvgIpc) is 2.14. The van der Waals surface area contributed by atoms with Gasteiger partial charge < -0.3 is 10.4 Å². The van der Waals surface area contributed by atoms with Gasteiger partial charge in [-0.3, -0.25) is 9.79 Å². The van der Waals surface area contributed by atoms with Crippen LogP contribution in [0.3, 0.4) is 0 Å². The van der Waals surface area contributed by atoms with Crippen molar-refractivity contribution in [3.63, 3.8) is 0 Å². The summed E-state index contributed by atoms with van der Waals surface area (Å²) in [5.41, 5.74) is 0. The quantitative estimate of drug-likeness (QED) is 0.506. The highest BCUT2D eigenvalue weighted by atomic mass is 16.4. The summed E-state index contributed by atoms with van der Waals surface area (Å²) < 4.78 is 0. The van der Waals surface area contributed by atoms with Crippen molar-refractivity contribution in [2.75, 3.05) is 6.54 Å². The molecule has 1 fully saturated rings. The topological polar surface area (TPSA) is 61.7 Å². The number of nitrogens with one attached hydrogen (secondary N) is 1. The molecule has 0 bridgehead atoms. The Bertz CT molecular complexity index is 186. The van der Waals surface area contributed by atoms with Gasteiger partial charge in [-0.2, -0.15) is 0 Å². The van der Waals surface area contributed by atoms with E-state index in [1.807, 2.05) is 0 Å². The standard InChI is InChI=1S/C9H16N2O2/c12-9(13)6-10-7-11-8-4-2-1-3-5-8/h7-8H,1-6H2,(H,10,11)(H,12,13). The van der Waals surface area contributed by atoms with Crippen LogP contribution in [-0.4, -0.2) is 30.0 Å². The van der Waals surface area contributed by atoms with E-state index in [1.165, 1.54) is 38.4 Å². The number of hydrogen-bond donors (Lipinski definition) is 2. The lowest BCUT2D eigenvalue weighted by molar-refractivity contribution is -0.135. The number of carbonyl (C=O) groups is 1. The minimum Gasteiger partial charge on any atom is -0.480 e. The van der Waals surface area contributed by atoms with E-state index in [-0.39, 0.29) is 6.54 Å². The first kappa shape index (κ1) is 10.0. The molecule has 0 amide bonds. The summed E-state index contributed by atoms with van der Waals surface area (Å²) in [7, 11) is 0. The molecule has 0 spiro atoms. The van der Waals surface area contributed by atoms with Crippen molar-refractivity contribution in [2.24, 2.45) is 4.99 Å². The Morgan fingerprint density at radius 3 is 2.77 bits per heavy atom. The first-order valence-electron chi connectivity index (χ1n) is 4.75. The third kappa shape index (κ3) is 4.50. The first-order chi connectivity index (χ1) is 6.29. The molecule has 0 aromatic carbocycles. The van der Waals surface area contributed by atoms with Gasteiger partial charge in [-0.25, -0.2) is 0 Å². The summed E-state index contributed by atoms with van der Waals surface area (Å²) >= 11 is 0. The summed E-state index contributed by atoms with van der Waals surface area (Å²) in [4.78, 5) is 13.8. The van der Waals surface area contributed by atoms with Gasteiger partial charge in [0.25, 0.3) is 0 Å². The Hall–Kier alpha value is -1.06. The lowest BCUT2D eigenvalue weighted by Crippen LogP contribution is -2.29. The largest absolute Gasteiger partial charge is 0.480 e. The third-order valence-corrected chi connectivity index (χ3v) is 2.23. The van der Waals surface area contributed by atoms with Crippen LogP contribution in [-0.2, 0) is 4.79 Å². The zero-order valence-corrected chi connectivity index (χ0v) is 7.70. The van der Waals surface area contributed by atoms with E-state index >= 15 is 0 Å². The summed E-state index contributed by atoms with van der Waals surface area (Å²) in [6.45, 7) is -0.139. The summed E-state index contributed by atoms with van der Waals surface area (Å²) in [6.07, 6.45) is 7.75. The smallest absolute Gasteiger partial charge is 0.325 e. The molecule has 1 saturated carbocycles. The molecule has 74 valence electrons. The number of carboxylic acid groups (broad SMARTS) is 1. The number of aliphatic carboxylic acids is 1. The van der Waals surface area contributed by atoms with Gasteiger partial charge in [0.05, 0.1) is 6.34 Å². The Balaban J connectivity index is 2.09. The fourth-order valence-electron chi connectivity index (χ4n) is 1.55. The molecule has 0 radical (unpaired) electrons. The predicted molar refractivity (Wildman–Crippen MR) is 51.0 cm³/mol. The molecule has 0 heterocycles. The maximum absolute atomic E-state index is 10.1. The maximum Gasteiger partial charge on any atom is 0.325 e. The minimum absolute atomic E-state index is 0.139. The number of rotatable bonds is 4. The molecule has 0 aliphatic heterocycles. The first-order valence-corrected chi connectivity index (χ1v) is 4.75. The van der Waals surface area contributed by atoms with Gasteiger partial charge in [0, 0.05) is 6.04 Å². The van der Waals surface area contributed by atoms with Crippen LogP contribution in [0.25, 0.3) is 0 Å². The highest BCUT2D eigenvalue weighted by Crippen LogP contribution is 2.16. The second-order valence-electron chi connectivity index (χ2n) is 3.37. The van der Waals surface area contributed by atoms with E-state index in [0.717, 1.165) is 0 Å². The zero-order valence-electron chi connectivity index (χ0n) is 7.70. The van der Waals surface area contributed by atoms with E-state index in [1.54, 1.807) is 0 Å². The Kier molecular flexibility index (Phi) is 4.29. The van der Waals surface area contributed by atoms with Crippen LogP contribution in [0, 0.1) is 0 Å². The SMILES string of the molecule is O=C(O)CN=CNC1CCCCC1. The summed E-state index contributed by atoms with van der Waals surface area (Å²) in [6, 6.07) is 0.506. The normalized spacial score (nSPS) is 19.1. The summed E-state index contributed by atoms with van der Waals surface area (Å²) in [5.74, 6) is -0.887. The molecule has 1 rings (SSSR count). The lowest BCUT2D eigenvalue weighted by atomic mass is 9.96. The molecule has 4 nitrogen and oxygen atoms in total. The maximum atomic E-state index is 10.1. The second-order valence-corrected chi connectivity index (χ2v) is 3.37. The van der Waals surface area contributed by atoms with Gasteiger partial charge in [-0.1, -0.05) is 19.3 Å². The molecule has 2 N–H and O–H groups in total. The fraction of sp³-hybridized carbons (Fsp3) is 0.778. The molecule has 1 aliphatic rings. The number of hydrogen-bond acceptors (Lipinski definition) is 2. The second kappa shape index (κ2) is 5.56. The van der Waals surface area contributed by atoms with Crippen molar-refractivity contribution in [1.82, 2.24) is 5.32 Å². The van der Waals surface area contributed by atoms with Crippen molar-refractivity contribution in [3.05, 3.63) is 0 Å². The lowest BCUT2D eigenvalue weighted by Gasteiger charge is -2.21. The highest BCUT2D eigenvalue weighted by Gasteiger charge is 2.10. The fourth-order valence-corrected chi connectivity index (χ4v) is 1.55. The van der Waals surface area contributed by atoms with Crippen LogP contribution in [0.4, 0.5) is 0 Å². The van der Waals surface area contributed by atoms with Gasteiger partial charge >= 0.3 is 5.97 Å². The van der Waals surface area contributed by atoms with Gasteiger partial charge in [0.2, 0.25) is 0 Å². The molecule has 1 aliphatic carbocycles. The third-order valence-electron chi connectivity index (χ3n) is 2.23. The molecular formula is C9H16N2O2. The van der Waals surface area contributed by atoms with E-state index in [0.29, 0.717) is 6.04 Å². The Morgan fingerprint density at radius 2 is 2.15 bits per heavy atom. The van der Waals surface area contributed by atoms with Gasteiger partial charge in [0.1, 0.15) is 6.54 Å². The molecule has 0 aromatic rings. The van der Waals surface area contributed by atoms with E-state index < -0.39 is 5.97 Å². The van der Waals surface area contributed by atoms with Crippen LogP contribution < -0.4 is 5.32 Å². The monoisotopic (exact) mass is 184 g/mol. The number of nitrogens with zero attached hydrogens (tertiary/aromatic N) is 1. The Morgan fingerprint density at radius 1 is 1.46 bits per heavy atom. The van der Waals surface area contributed by atoms with E-state index in [9.17, 15) is 4.79 Å². The number of aliphatic imine (C=N–C) groups is 1. The van der Waals surface area contributed by atoms with E-state index in [4.69, 9.17) is 5.11 Å². The molecule has 0 atom stereocenters. The molecule has 0 unspecified atom stereocenters. The van der Waals surface area contributed by atoms with Gasteiger partial charge in [-0.15, -0.1) is 0 Å². The summed E-state index contributed by atoms with van der Waals surface area (Å²) in [5, 5.41) is 11.4. The van der Waals surface area contributed by atoms with Crippen LogP contribution >= 0.6 is 0 Å². The molecule has 4 heteroatoms. The zero-order chi connectivity index (χ0) is 9.52. The van der Waals surface area contributed by atoms with Crippen molar-refractivity contribution in [1.29, 1.82) is 0 Å². The van der Waals surface area contributed by atoms with Crippen molar-refractivity contribution in [3.8, 4) is 0 Å². The van der Waals surface area contributed by atoms with Gasteiger partial charge in [-0.05, 0) is 12.8 Å². The van der Waals surface area contributed by atoms with E-state index in [2.05, 4.69) is 10.3 Å². The van der Waals surface area contributed by atoms with Crippen LogP contribution in [0.1, 0.15) is 32.1 Å². The minimum atomic E-state index is -0.887. The average molecular weight is 184 g/mol. The van der Waals surface area contributed by atoms with Crippen LogP contribution in [0.2, 0.25) is 0 Å². The Labute approximate surface area is 78.1 Å². The van der Waals surface area contributed by atoms with Crippen molar-refractivity contribution in [2.45, 2.75) is 38.1 Å². The number of carboxylic acids is 1. The van der Waals surface area contributed by atoms with Crippen LogP contribution in [0.5, 0.6) is 0 Å².